The largest absolute Gasteiger partial charge is 0.344 e. The molecule has 2 aromatic heterocycles. The number of sulfone groups is 1. The fraction of sp³-hybridized carbons (Fsp3) is 0.471. The summed E-state index contributed by atoms with van der Waals surface area (Å²) in [4.78, 5) is 18.6. The van der Waals surface area contributed by atoms with Gasteiger partial charge in [0.15, 0.2) is 9.84 Å². The van der Waals surface area contributed by atoms with Gasteiger partial charge in [-0.15, -0.1) is 0 Å². The lowest BCUT2D eigenvalue weighted by Gasteiger charge is -2.24. The molecule has 140 valence electrons. The molecular formula is C17H23N5O3S. The van der Waals surface area contributed by atoms with Gasteiger partial charge >= 0.3 is 0 Å². The van der Waals surface area contributed by atoms with Gasteiger partial charge in [0.2, 0.25) is 5.91 Å². The Morgan fingerprint density at radius 2 is 2.15 bits per heavy atom. The highest BCUT2D eigenvalue weighted by molar-refractivity contribution is 7.91. The lowest BCUT2D eigenvalue weighted by molar-refractivity contribution is -0.134. The van der Waals surface area contributed by atoms with Crippen molar-refractivity contribution in [2.45, 2.75) is 19.1 Å². The van der Waals surface area contributed by atoms with Crippen molar-refractivity contribution in [1.82, 2.24) is 25.0 Å². The van der Waals surface area contributed by atoms with Gasteiger partial charge in [-0.2, -0.15) is 5.10 Å². The number of hydrogen-bond donors (Lipinski definition) is 1. The van der Waals surface area contributed by atoms with Crippen LogP contribution in [-0.4, -0.2) is 65.1 Å². The fourth-order valence-corrected chi connectivity index (χ4v) is 5.06. The van der Waals surface area contributed by atoms with Crippen molar-refractivity contribution >= 4 is 15.7 Å². The zero-order valence-electron chi connectivity index (χ0n) is 14.7. The minimum absolute atomic E-state index is 0.0246. The summed E-state index contributed by atoms with van der Waals surface area (Å²) in [5.41, 5.74) is 0.815. The highest BCUT2D eigenvalue weighted by Gasteiger charge is 2.42. The first-order valence-corrected chi connectivity index (χ1v) is 10.3. The number of pyridine rings is 1. The summed E-state index contributed by atoms with van der Waals surface area (Å²) >= 11 is 0. The van der Waals surface area contributed by atoms with Crippen LogP contribution in [0.1, 0.15) is 5.69 Å². The van der Waals surface area contributed by atoms with Crippen molar-refractivity contribution in [1.29, 1.82) is 0 Å². The van der Waals surface area contributed by atoms with E-state index in [2.05, 4.69) is 15.4 Å². The van der Waals surface area contributed by atoms with Crippen molar-refractivity contribution in [2.24, 2.45) is 5.92 Å². The predicted molar refractivity (Wildman–Crippen MR) is 96.9 cm³/mol. The van der Waals surface area contributed by atoms with Crippen LogP contribution in [0, 0.1) is 5.92 Å². The fourth-order valence-electron chi connectivity index (χ4n) is 3.11. The number of carbonyl (C=O) groups is 1. The van der Waals surface area contributed by atoms with Gasteiger partial charge in [-0.1, -0.05) is 6.07 Å². The molecule has 26 heavy (non-hydrogen) atoms. The van der Waals surface area contributed by atoms with Crippen LogP contribution in [0.4, 0.5) is 0 Å². The number of rotatable bonds is 7. The Morgan fingerprint density at radius 1 is 1.31 bits per heavy atom. The molecule has 0 radical (unpaired) electrons. The van der Waals surface area contributed by atoms with Crippen LogP contribution in [0.3, 0.4) is 0 Å². The number of nitrogens with zero attached hydrogens (tertiary/aromatic N) is 4. The molecule has 0 unspecified atom stereocenters. The van der Waals surface area contributed by atoms with Crippen LogP contribution in [0.25, 0.3) is 0 Å². The second-order valence-corrected chi connectivity index (χ2v) is 8.67. The van der Waals surface area contributed by atoms with Gasteiger partial charge in [0.25, 0.3) is 0 Å². The Kier molecular flexibility index (Phi) is 5.67. The maximum Gasteiger partial charge on any atom is 0.228 e. The Balaban J connectivity index is 1.61. The van der Waals surface area contributed by atoms with Gasteiger partial charge < -0.3 is 10.2 Å². The third kappa shape index (κ3) is 4.67. The maximum atomic E-state index is 12.8. The molecule has 1 saturated heterocycles. The number of amides is 1. The van der Waals surface area contributed by atoms with Gasteiger partial charge in [0.05, 0.1) is 29.7 Å². The number of aromatic nitrogens is 3. The third-order valence-corrected chi connectivity index (χ3v) is 6.28. The normalized spacial score (nSPS) is 21.6. The zero-order valence-corrected chi connectivity index (χ0v) is 15.5. The monoisotopic (exact) mass is 377 g/mol. The Labute approximate surface area is 153 Å². The van der Waals surface area contributed by atoms with Crippen LogP contribution in [-0.2, 0) is 27.7 Å². The van der Waals surface area contributed by atoms with E-state index in [1.165, 1.54) is 0 Å². The van der Waals surface area contributed by atoms with Crippen LogP contribution in [0.5, 0.6) is 0 Å². The summed E-state index contributed by atoms with van der Waals surface area (Å²) in [5.74, 6) is -0.871. The summed E-state index contributed by atoms with van der Waals surface area (Å²) in [5, 5.41) is 7.31. The predicted octanol–water partition coefficient (Wildman–Crippen LogP) is -0.0605. The summed E-state index contributed by atoms with van der Waals surface area (Å²) in [6.45, 7) is 1.48. The lowest BCUT2D eigenvalue weighted by atomic mass is 10.0. The van der Waals surface area contributed by atoms with Crippen LogP contribution >= 0.6 is 0 Å². The van der Waals surface area contributed by atoms with Gasteiger partial charge in [-0.3, -0.25) is 14.5 Å². The first-order chi connectivity index (χ1) is 12.4. The number of carbonyl (C=O) groups excluding carboxylic acids is 1. The molecule has 0 bridgehead atoms. The molecule has 1 amide bonds. The van der Waals surface area contributed by atoms with Gasteiger partial charge in [-0.05, 0) is 18.2 Å². The highest BCUT2D eigenvalue weighted by Crippen LogP contribution is 2.22. The standard InChI is InChI=1S/C17H23N5O3S/c1-21(9-10-22-8-4-7-20-22)17(23)15-12-26(24,25)13-16(15)19-11-14-5-2-3-6-18-14/h2-8,15-16,19H,9-13H2,1H3/t15-,16-/m1/s1. The molecule has 1 fully saturated rings. The Morgan fingerprint density at radius 3 is 2.85 bits per heavy atom. The molecule has 0 aromatic carbocycles. The quantitative estimate of drug-likeness (QED) is 0.726. The van der Waals surface area contributed by atoms with Crippen LogP contribution in [0.15, 0.2) is 42.9 Å². The highest BCUT2D eigenvalue weighted by atomic mass is 32.2. The lowest BCUT2D eigenvalue weighted by Crippen LogP contribution is -2.45. The minimum atomic E-state index is -3.23. The molecule has 0 aliphatic carbocycles. The van der Waals surface area contributed by atoms with Crippen LogP contribution in [0.2, 0.25) is 0 Å². The number of likely N-dealkylation sites (N-methyl/N-ethyl adjacent to an activating group) is 1. The number of hydrogen-bond acceptors (Lipinski definition) is 6. The molecule has 3 heterocycles. The summed E-state index contributed by atoms with van der Waals surface area (Å²) < 4.78 is 25.9. The Hall–Kier alpha value is -2.26. The Bertz CT molecular complexity index is 823. The first kappa shape index (κ1) is 18.5. The molecule has 9 heteroatoms. The first-order valence-electron chi connectivity index (χ1n) is 8.51. The molecule has 0 spiro atoms. The van der Waals surface area contributed by atoms with Gasteiger partial charge in [-0.25, -0.2) is 8.42 Å². The van der Waals surface area contributed by atoms with Gasteiger partial charge in [0.1, 0.15) is 0 Å². The second kappa shape index (κ2) is 7.96. The summed E-state index contributed by atoms with van der Waals surface area (Å²) in [7, 11) is -1.53. The molecule has 2 aromatic rings. The van der Waals surface area contributed by atoms with Crippen molar-refractivity contribution < 1.29 is 13.2 Å². The van der Waals surface area contributed by atoms with E-state index in [-0.39, 0.29) is 17.4 Å². The van der Waals surface area contributed by atoms with E-state index < -0.39 is 21.8 Å². The molecule has 1 aliphatic heterocycles. The molecule has 8 nitrogen and oxygen atoms in total. The molecule has 1 aliphatic rings. The van der Waals surface area contributed by atoms with E-state index in [0.29, 0.717) is 19.6 Å². The molecule has 2 atom stereocenters. The smallest absolute Gasteiger partial charge is 0.228 e. The van der Waals surface area contributed by atoms with E-state index in [1.54, 1.807) is 29.0 Å². The van der Waals surface area contributed by atoms with Crippen molar-refractivity contribution in [3.8, 4) is 0 Å². The number of nitrogens with one attached hydrogen (secondary N) is 1. The van der Waals surface area contributed by atoms with Gasteiger partial charge in [0, 0.05) is 44.8 Å². The SMILES string of the molecule is CN(CCn1cccn1)C(=O)[C@@H]1CS(=O)(=O)C[C@H]1NCc1ccccn1. The minimum Gasteiger partial charge on any atom is -0.344 e. The third-order valence-electron chi connectivity index (χ3n) is 4.54. The molecular weight excluding hydrogens is 354 g/mol. The van der Waals surface area contributed by atoms with E-state index in [1.807, 2.05) is 30.5 Å². The van der Waals surface area contributed by atoms with E-state index in [9.17, 15) is 13.2 Å². The molecule has 3 rings (SSSR count). The van der Waals surface area contributed by atoms with E-state index in [0.717, 1.165) is 5.69 Å². The summed E-state index contributed by atoms with van der Waals surface area (Å²) in [6, 6.07) is 6.99. The molecule has 0 saturated carbocycles. The zero-order chi connectivity index (χ0) is 18.6. The molecule has 1 N–H and O–H groups in total. The van der Waals surface area contributed by atoms with Crippen molar-refractivity contribution in [3.05, 3.63) is 48.5 Å². The maximum absolute atomic E-state index is 12.8. The average molecular weight is 377 g/mol. The second-order valence-electron chi connectivity index (χ2n) is 6.52. The average Bonchev–Trinajstić information content (AvgIpc) is 3.25. The van der Waals surface area contributed by atoms with Crippen molar-refractivity contribution in [3.63, 3.8) is 0 Å². The van der Waals surface area contributed by atoms with Crippen molar-refractivity contribution in [2.75, 3.05) is 25.1 Å². The summed E-state index contributed by atoms with van der Waals surface area (Å²) in [6.07, 6.45) is 5.20. The topological polar surface area (TPSA) is 97.2 Å². The van der Waals surface area contributed by atoms with E-state index in [4.69, 9.17) is 0 Å². The van der Waals surface area contributed by atoms with Crippen LogP contribution < -0.4 is 5.32 Å². The van der Waals surface area contributed by atoms with E-state index >= 15 is 0 Å².